The van der Waals surface area contributed by atoms with E-state index >= 15 is 0 Å². The number of guanidine groups is 1. The molecule has 5 nitrogen and oxygen atoms in total. The SMILES string of the molecule is CCNC(=NCC1(O)CCSC1)NC1CCN(CC2CCCCC2)CC1.I. The molecule has 27 heavy (non-hydrogen) atoms. The zero-order valence-electron chi connectivity index (χ0n) is 16.9. The average Bonchev–Trinajstić information content (AvgIpc) is 3.09. The highest BCUT2D eigenvalue weighted by atomic mass is 127. The number of hydrogen-bond acceptors (Lipinski definition) is 4. The van der Waals surface area contributed by atoms with Gasteiger partial charge in [0, 0.05) is 38.0 Å². The zero-order valence-corrected chi connectivity index (χ0v) is 20.1. The van der Waals surface area contributed by atoms with E-state index < -0.39 is 5.60 Å². The summed E-state index contributed by atoms with van der Waals surface area (Å²) < 4.78 is 0. The molecule has 1 aliphatic carbocycles. The van der Waals surface area contributed by atoms with Gasteiger partial charge in [-0.2, -0.15) is 11.8 Å². The third-order valence-corrected chi connectivity index (χ3v) is 7.36. The second-order valence-electron chi connectivity index (χ2n) is 8.45. The standard InChI is InChI=1S/C20H38N4OS.HI/c1-2-21-19(22-15-20(25)10-13-26-16-20)23-18-8-11-24(12-9-18)14-17-6-4-3-5-7-17;/h17-18,25H,2-16H2,1H3,(H2,21,22,23);1H. The van der Waals surface area contributed by atoms with E-state index in [0.29, 0.717) is 12.6 Å². The highest BCUT2D eigenvalue weighted by Gasteiger charge is 2.31. The molecule has 0 radical (unpaired) electrons. The molecule has 158 valence electrons. The Balaban J connectivity index is 0.00000261. The van der Waals surface area contributed by atoms with Gasteiger partial charge in [0.1, 0.15) is 0 Å². The second-order valence-corrected chi connectivity index (χ2v) is 9.55. The van der Waals surface area contributed by atoms with Crippen LogP contribution in [0.25, 0.3) is 0 Å². The maximum absolute atomic E-state index is 10.5. The van der Waals surface area contributed by atoms with Crippen LogP contribution in [0.15, 0.2) is 4.99 Å². The number of rotatable bonds is 6. The summed E-state index contributed by atoms with van der Waals surface area (Å²) in [4.78, 5) is 7.37. The maximum atomic E-state index is 10.5. The first-order valence-electron chi connectivity index (χ1n) is 10.7. The van der Waals surface area contributed by atoms with E-state index in [-0.39, 0.29) is 24.0 Å². The Kier molecular flexibility index (Phi) is 10.5. The molecule has 1 atom stereocenters. The maximum Gasteiger partial charge on any atom is 0.191 e. The van der Waals surface area contributed by atoms with Gasteiger partial charge < -0.3 is 20.6 Å². The number of aliphatic hydroxyl groups is 1. The Morgan fingerprint density at radius 1 is 1.19 bits per heavy atom. The van der Waals surface area contributed by atoms with Crippen LogP contribution in [0.2, 0.25) is 0 Å². The lowest BCUT2D eigenvalue weighted by molar-refractivity contribution is 0.0778. The number of nitrogens with one attached hydrogen (secondary N) is 2. The van der Waals surface area contributed by atoms with Gasteiger partial charge in [0.25, 0.3) is 0 Å². The molecule has 1 saturated carbocycles. The number of aliphatic imine (C=N–C) groups is 1. The van der Waals surface area contributed by atoms with Crippen LogP contribution in [0.1, 0.15) is 58.3 Å². The monoisotopic (exact) mass is 510 g/mol. The van der Waals surface area contributed by atoms with Crippen molar-refractivity contribution in [2.75, 3.05) is 44.2 Å². The van der Waals surface area contributed by atoms with Crippen molar-refractivity contribution in [3.8, 4) is 0 Å². The van der Waals surface area contributed by atoms with Gasteiger partial charge in [-0.05, 0) is 50.7 Å². The molecule has 3 N–H and O–H groups in total. The Labute approximate surface area is 186 Å². The lowest BCUT2D eigenvalue weighted by Gasteiger charge is -2.36. The largest absolute Gasteiger partial charge is 0.387 e. The van der Waals surface area contributed by atoms with Crippen LogP contribution in [0.4, 0.5) is 0 Å². The molecule has 3 aliphatic rings. The molecular weight excluding hydrogens is 471 g/mol. The molecule has 0 aromatic heterocycles. The minimum absolute atomic E-state index is 0. The van der Waals surface area contributed by atoms with E-state index in [4.69, 9.17) is 4.99 Å². The van der Waals surface area contributed by atoms with Crippen molar-refractivity contribution in [2.45, 2.75) is 69.9 Å². The molecule has 0 bridgehead atoms. The van der Waals surface area contributed by atoms with Crippen LogP contribution in [0.5, 0.6) is 0 Å². The van der Waals surface area contributed by atoms with E-state index in [2.05, 4.69) is 22.5 Å². The van der Waals surface area contributed by atoms with Crippen LogP contribution >= 0.6 is 35.7 Å². The van der Waals surface area contributed by atoms with Crippen molar-refractivity contribution in [1.82, 2.24) is 15.5 Å². The predicted molar refractivity (Wildman–Crippen MR) is 127 cm³/mol. The minimum Gasteiger partial charge on any atom is -0.387 e. The predicted octanol–water partition coefficient (Wildman–Crippen LogP) is 3.07. The van der Waals surface area contributed by atoms with Crippen molar-refractivity contribution in [1.29, 1.82) is 0 Å². The third kappa shape index (κ3) is 7.90. The Hall–Kier alpha value is 0.270. The van der Waals surface area contributed by atoms with Gasteiger partial charge in [0.2, 0.25) is 0 Å². The summed E-state index contributed by atoms with van der Waals surface area (Å²) in [6.45, 7) is 7.19. The van der Waals surface area contributed by atoms with E-state index in [0.717, 1.165) is 36.3 Å². The number of piperidine rings is 1. The zero-order chi connectivity index (χ0) is 18.2. The smallest absolute Gasteiger partial charge is 0.191 e. The summed E-state index contributed by atoms with van der Waals surface area (Å²) in [5.41, 5.74) is -0.601. The fourth-order valence-electron chi connectivity index (χ4n) is 4.46. The molecule has 2 aliphatic heterocycles. The molecule has 7 heteroatoms. The van der Waals surface area contributed by atoms with E-state index in [1.807, 2.05) is 11.8 Å². The van der Waals surface area contributed by atoms with Crippen LogP contribution in [-0.2, 0) is 0 Å². The normalized spacial score (nSPS) is 28.7. The first-order valence-corrected chi connectivity index (χ1v) is 11.9. The van der Waals surface area contributed by atoms with Crippen LogP contribution in [0, 0.1) is 5.92 Å². The highest BCUT2D eigenvalue weighted by Crippen LogP contribution is 2.28. The van der Waals surface area contributed by atoms with Crippen molar-refractivity contribution in [3.05, 3.63) is 0 Å². The molecular formula is C20H39IN4OS. The molecule has 2 heterocycles. The number of halogens is 1. The van der Waals surface area contributed by atoms with E-state index in [9.17, 15) is 5.11 Å². The molecule has 0 amide bonds. The lowest BCUT2D eigenvalue weighted by atomic mass is 9.88. The minimum atomic E-state index is -0.601. The molecule has 0 aromatic rings. The summed E-state index contributed by atoms with van der Waals surface area (Å²) in [6.07, 6.45) is 10.5. The Morgan fingerprint density at radius 3 is 2.56 bits per heavy atom. The first kappa shape index (κ1) is 23.5. The second kappa shape index (κ2) is 12.1. The van der Waals surface area contributed by atoms with Crippen LogP contribution < -0.4 is 10.6 Å². The average molecular weight is 511 g/mol. The summed E-state index contributed by atoms with van der Waals surface area (Å²) >= 11 is 1.83. The van der Waals surface area contributed by atoms with Gasteiger partial charge in [-0.25, -0.2) is 0 Å². The van der Waals surface area contributed by atoms with Gasteiger partial charge in [0.05, 0.1) is 12.1 Å². The Morgan fingerprint density at radius 2 is 1.93 bits per heavy atom. The Bertz CT molecular complexity index is 445. The molecule has 3 fully saturated rings. The summed E-state index contributed by atoms with van der Waals surface area (Å²) in [7, 11) is 0. The number of likely N-dealkylation sites (tertiary alicyclic amines) is 1. The summed E-state index contributed by atoms with van der Waals surface area (Å²) in [6, 6.07) is 0.503. The van der Waals surface area contributed by atoms with Crippen molar-refractivity contribution in [2.24, 2.45) is 10.9 Å². The number of nitrogens with zero attached hydrogens (tertiary/aromatic N) is 2. The van der Waals surface area contributed by atoms with E-state index in [1.54, 1.807) is 0 Å². The number of hydrogen-bond donors (Lipinski definition) is 3. The molecule has 3 rings (SSSR count). The molecule has 0 spiro atoms. The first-order chi connectivity index (χ1) is 12.7. The van der Waals surface area contributed by atoms with Crippen molar-refractivity contribution >= 4 is 41.7 Å². The fourth-order valence-corrected chi connectivity index (χ4v) is 5.74. The molecule has 1 unspecified atom stereocenters. The third-order valence-electron chi connectivity index (χ3n) is 6.13. The quantitative estimate of drug-likeness (QED) is 0.291. The van der Waals surface area contributed by atoms with Crippen molar-refractivity contribution < 1.29 is 5.11 Å². The van der Waals surface area contributed by atoms with Gasteiger partial charge in [-0.1, -0.05) is 19.3 Å². The summed E-state index contributed by atoms with van der Waals surface area (Å²) in [5.74, 6) is 3.69. The molecule has 0 aromatic carbocycles. The van der Waals surface area contributed by atoms with Gasteiger partial charge >= 0.3 is 0 Å². The highest BCUT2D eigenvalue weighted by molar-refractivity contribution is 14.0. The van der Waals surface area contributed by atoms with E-state index in [1.165, 1.54) is 64.6 Å². The lowest BCUT2D eigenvalue weighted by Crippen LogP contribution is -2.49. The molecule has 2 saturated heterocycles. The van der Waals surface area contributed by atoms with Crippen LogP contribution in [0.3, 0.4) is 0 Å². The van der Waals surface area contributed by atoms with Crippen LogP contribution in [-0.4, -0.2) is 71.8 Å². The van der Waals surface area contributed by atoms with Crippen molar-refractivity contribution in [3.63, 3.8) is 0 Å². The van der Waals surface area contributed by atoms with Gasteiger partial charge in [-0.15, -0.1) is 24.0 Å². The van der Waals surface area contributed by atoms with Gasteiger partial charge in [-0.3, -0.25) is 4.99 Å². The topological polar surface area (TPSA) is 59.9 Å². The van der Waals surface area contributed by atoms with Gasteiger partial charge in [0.15, 0.2) is 5.96 Å². The fraction of sp³-hybridized carbons (Fsp3) is 0.950. The summed E-state index contributed by atoms with van der Waals surface area (Å²) in [5, 5.41) is 17.5. The number of thioether (sulfide) groups is 1.